The van der Waals surface area contributed by atoms with Crippen molar-refractivity contribution in [1.29, 1.82) is 0 Å². The number of thiophene rings is 1. The molecule has 2 N–H and O–H groups in total. The van der Waals surface area contributed by atoms with Gasteiger partial charge in [-0.1, -0.05) is 0 Å². The number of carbonyl (C=O) groups excluding carboxylic acids is 1. The summed E-state index contributed by atoms with van der Waals surface area (Å²) >= 11 is 1.57. The van der Waals surface area contributed by atoms with Crippen LogP contribution in [-0.2, 0) is 0 Å². The summed E-state index contributed by atoms with van der Waals surface area (Å²) in [5, 5.41) is 6.68. The van der Waals surface area contributed by atoms with Crippen LogP contribution in [0.25, 0.3) is 0 Å². The van der Waals surface area contributed by atoms with Crippen LogP contribution in [0.15, 0.2) is 12.1 Å². The quantitative estimate of drug-likeness (QED) is 0.820. The second kappa shape index (κ2) is 3.86. The normalized spacial score (nSPS) is 31.9. The van der Waals surface area contributed by atoms with Gasteiger partial charge >= 0.3 is 0 Å². The predicted molar refractivity (Wildman–Crippen MR) is 64.9 cm³/mol. The Labute approximate surface area is 99.2 Å². The summed E-state index contributed by atoms with van der Waals surface area (Å²) in [5.41, 5.74) is 0. The first-order valence-electron chi connectivity index (χ1n) is 5.86. The monoisotopic (exact) mass is 236 g/mol. The van der Waals surface area contributed by atoms with Crippen LogP contribution in [0.4, 0.5) is 0 Å². The lowest BCUT2D eigenvalue weighted by Gasteiger charge is -2.20. The molecule has 2 fully saturated rings. The summed E-state index contributed by atoms with van der Waals surface area (Å²) < 4.78 is 0. The van der Waals surface area contributed by atoms with Crippen molar-refractivity contribution in [2.75, 3.05) is 0 Å². The lowest BCUT2D eigenvalue weighted by molar-refractivity contribution is 0.0935. The lowest BCUT2D eigenvalue weighted by atomic mass is 9.95. The topological polar surface area (TPSA) is 41.1 Å². The van der Waals surface area contributed by atoms with E-state index < -0.39 is 0 Å². The first-order chi connectivity index (χ1) is 7.72. The lowest BCUT2D eigenvalue weighted by Crippen LogP contribution is -2.42. The van der Waals surface area contributed by atoms with Crippen molar-refractivity contribution >= 4 is 17.2 Å². The molecular weight excluding hydrogens is 220 g/mol. The first kappa shape index (κ1) is 10.3. The number of hydrogen-bond donors (Lipinski definition) is 2. The Morgan fingerprint density at radius 2 is 2.38 bits per heavy atom. The number of nitrogens with one attached hydrogen (secondary N) is 2. The number of aryl methyl sites for hydroxylation is 1. The van der Waals surface area contributed by atoms with Crippen molar-refractivity contribution in [2.24, 2.45) is 0 Å². The second-order valence-electron chi connectivity index (χ2n) is 4.77. The van der Waals surface area contributed by atoms with Gasteiger partial charge in [-0.3, -0.25) is 4.79 Å². The number of rotatable bonds is 2. The fourth-order valence-electron chi connectivity index (χ4n) is 2.78. The molecule has 0 saturated carbocycles. The van der Waals surface area contributed by atoms with Gasteiger partial charge in [0.25, 0.3) is 5.91 Å². The molecular formula is C12H16N2OS. The average molecular weight is 236 g/mol. The van der Waals surface area contributed by atoms with Crippen molar-refractivity contribution < 1.29 is 4.79 Å². The van der Waals surface area contributed by atoms with Crippen LogP contribution in [0.3, 0.4) is 0 Å². The molecule has 2 aliphatic heterocycles. The van der Waals surface area contributed by atoms with Gasteiger partial charge in [-0.05, 0) is 38.3 Å². The van der Waals surface area contributed by atoms with Crippen LogP contribution in [0.2, 0.25) is 0 Å². The Bertz CT molecular complexity index is 415. The Kier molecular flexibility index (Phi) is 2.48. The van der Waals surface area contributed by atoms with E-state index in [1.54, 1.807) is 11.3 Å². The maximum atomic E-state index is 12.0. The van der Waals surface area contributed by atoms with Gasteiger partial charge < -0.3 is 10.6 Å². The third-order valence-corrected chi connectivity index (χ3v) is 4.58. The van der Waals surface area contributed by atoms with Crippen molar-refractivity contribution in [3.8, 4) is 0 Å². The van der Waals surface area contributed by atoms with Gasteiger partial charge in [-0.15, -0.1) is 11.3 Å². The maximum absolute atomic E-state index is 12.0. The predicted octanol–water partition coefficient (Wildman–Crippen LogP) is 1.68. The molecule has 1 aromatic rings. The maximum Gasteiger partial charge on any atom is 0.261 e. The Balaban J connectivity index is 1.65. The Morgan fingerprint density at radius 3 is 2.94 bits per heavy atom. The molecule has 3 atom stereocenters. The van der Waals surface area contributed by atoms with E-state index in [1.807, 2.05) is 19.1 Å². The molecule has 86 valence electrons. The minimum atomic E-state index is 0.0949. The van der Waals surface area contributed by atoms with Crippen LogP contribution >= 0.6 is 11.3 Å². The van der Waals surface area contributed by atoms with Crippen molar-refractivity contribution in [3.63, 3.8) is 0 Å². The molecule has 2 saturated heterocycles. The molecule has 3 rings (SSSR count). The molecule has 3 nitrogen and oxygen atoms in total. The molecule has 1 aromatic heterocycles. The average Bonchev–Trinajstić information content (AvgIpc) is 2.92. The molecule has 4 heteroatoms. The van der Waals surface area contributed by atoms with Crippen molar-refractivity contribution in [2.45, 2.75) is 44.3 Å². The van der Waals surface area contributed by atoms with E-state index in [9.17, 15) is 4.79 Å². The minimum absolute atomic E-state index is 0.0949. The van der Waals surface area contributed by atoms with Gasteiger partial charge in [0.15, 0.2) is 0 Å². The molecule has 0 aromatic carbocycles. The summed E-state index contributed by atoms with van der Waals surface area (Å²) in [5.74, 6) is 0.0949. The highest BCUT2D eigenvalue weighted by molar-refractivity contribution is 7.13. The van der Waals surface area contributed by atoms with E-state index in [0.29, 0.717) is 18.1 Å². The molecule has 2 unspecified atom stereocenters. The van der Waals surface area contributed by atoms with Crippen molar-refractivity contribution in [3.05, 3.63) is 21.9 Å². The highest BCUT2D eigenvalue weighted by Gasteiger charge is 2.39. The largest absolute Gasteiger partial charge is 0.347 e. The molecule has 2 bridgehead atoms. The van der Waals surface area contributed by atoms with Crippen LogP contribution < -0.4 is 10.6 Å². The molecule has 0 spiro atoms. The zero-order valence-corrected chi connectivity index (χ0v) is 10.1. The summed E-state index contributed by atoms with van der Waals surface area (Å²) in [7, 11) is 0. The standard InChI is InChI=1S/C12H16N2OS/c1-7-2-5-11(16-7)12(15)14-10-6-8-3-4-9(10)13-8/h2,5,8-10,13H,3-4,6H2,1H3,(H,14,15)/t8?,9?,10-/m1/s1. The molecule has 16 heavy (non-hydrogen) atoms. The fraction of sp³-hybridized carbons (Fsp3) is 0.583. The zero-order chi connectivity index (χ0) is 11.1. The van der Waals surface area contributed by atoms with Gasteiger partial charge in [-0.2, -0.15) is 0 Å². The molecule has 1 amide bonds. The van der Waals surface area contributed by atoms with Gasteiger partial charge in [0.2, 0.25) is 0 Å². The van der Waals surface area contributed by atoms with Gasteiger partial charge in [0.1, 0.15) is 0 Å². The highest BCUT2D eigenvalue weighted by Crippen LogP contribution is 2.28. The number of carbonyl (C=O) groups is 1. The summed E-state index contributed by atoms with van der Waals surface area (Å²) in [4.78, 5) is 14.0. The molecule has 0 radical (unpaired) electrons. The van der Waals surface area contributed by atoms with E-state index in [4.69, 9.17) is 0 Å². The van der Waals surface area contributed by atoms with Gasteiger partial charge in [-0.25, -0.2) is 0 Å². The summed E-state index contributed by atoms with van der Waals surface area (Å²) in [6.45, 7) is 2.03. The highest BCUT2D eigenvalue weighted by atomic mass is 32.1. The van der Waals surface area contributed by atoms with Crippen molar-refractivity contribution in [1.82, 2.24) is 10.6 Å². The third kappa shape index (κ3) is 1.76. The molecule has 0 aliphatic carbocycles. The second-order valence-corrected chi connectivity index (χ2v) is 6.06. The SMILES string of the molecule is Cc1ccc(C(=O)N[C@@H]2CC3CCC2N3)s1. The summed E-state index contributed by atoms with van der Waals surface area (Å²) in [6, 6.07) is 5.40. The zero-order valence-electron chi connectivity index (χ0n) is 9.32. The third-order valence-electron chi connectivity index (χ3n) is 3.58. The minimum Gasteiger partial charge on any atom is -0.347 e. The Morgan fingerprint density at radius 1 is 1.50 bits per heavy atom. The van der Waals surface area contributed by atoms with Crippen LogP contribution in [0.1, 0.15) is 33.8 Å². The Hall–Kier alpha value is -0.870. The van der Waals surface area contributed by atoms with E-state index in [1.165, 1.54) is 17.7 Å². The number of fused-ring (bicyclic) bond motifs is 2. The molecule has 2 aliphatic rings. The number of amides is 1. The summed E-state index contributed by atoms with van der Waals surface area (Å²) in [6.07, 6.45) is 3.58. The van der Waals surface area contributed by atoms with Gasteiger partial charge in [0.05, 0.1) is 4.88 Å². The van der Waals surface area contributed by atoms with E-state index in [-0.39, 0.29) is 5.91 Å². The smallest absolute Gasteiger partial charge is 0.261 e. The number of hydrogen-bond acceptors (Lipinski definition) is 3. The van der Waals surface area contributed by atoms with Crippen LogP contribution in [-0.4, -0.2) is 24.0 Å². The van der Waals surface area contributed by atoms with Gasteiger partial charge in [0, 0.05) is 23.0 Å². The van der Waals surface area contributed by atoms with E-state index >= 15 is 0 Å². The van der Waals surface area contributed by atoms with Crippen LogP contribution in [0.5, 0.6) is 0 Å². The molecule has 3 heterocycles. The van der Waals surface area contributed by atoms with E-state index in [0.717, 1.165) is 11.3 Å². The fourth-order valence-corrected chi connectivity index (χ4v) is 3.55. The first-order valence-corrected chi connectivity index (χ1v) is 6.67. The van der Waals surface area contributed by atoms with Crippen LogP contribution in [0, 0.1) is 6.92 Å². The van der Waals surface area contributed by atoms with E-state index in [2.05, 4.69) is 10.6 Å².